The number of aryl methyl sites for hydroxylation is 1. The number of benzene rings is 1. The van der Waals surface area contributed by atoms with Gasteiger partial charge in [-0.2, -0.15) is 0 Å². The Labute approximate surface area is 155 Å². The van der Waals surface area contributed by atoms with Crippen LogP contribution < -0.4 is 5.32 Å². The van der Waals surface area contributed by atoms with Gasteiger partial charge in [-0.15, -0.1) is 0 Å². The van der Waals surface area contributed by atoms with Crippen LogP contribution in [0.15, 0.2) is 55.2 Å². The first-order valence-electron chi connectivity index (χ1n) is 8.67. The number of nitrogens with one attached hydrogen (secondary N) is 1. The highest BCUT2D eigenvalue weighted by Gasteiger charge is 2.12. The number of nitrogens with zero attached hydrogens (tertiary/aromatic N) is 4. The summed E-state index contributed by atoms with van der Waals surface area (Å²) in [7, 11) is 0. The lowest BCUT2D eigenvalue weighted by molar-refractivity contribution is 0.0984. The number of carbonyl (C=O) groups excluding carboxylic acids is 1. The summed E-state index contributed by atoms with van der Waals surface area (Å²) in [6.45, 7) is 3.71. The van der Waals surface area contributed by atoms with Gasteiger partial charge in [0.05, 0.1) is 23.4 Å². The minimum absolute atomic E-state index is 0.00210. The normalized spacial score (nSPS) is 11.0. The Bertz CT molecular complexity index is 1140. The van der Waals surface area contributed by atoms with Gasteiger partial charge in [0.15, 0.2) is 11.4 Å². The zero-order chi connectivity index (χ0) is 19.0. The molecular weight excluding hydrogens is 342 g/mol. The van der Waals surface area contributed by atoms with E-state index >= 15 is 0 Å². The standard InChI is InChI=1S/C20H19N5O2/c1-3-18(26)16-11-24-8-4-5-15(20(24)23-16)22-14-6-7-17(19(27)9-14)25-10-13(2)21-12-25/h4-12,22,27H,3H2,1-2H3. The minimum atomic E-state index is 0.00210. The molecule has 0 spiro atoms. The first-order chi connectivity index (χ1) is 13.0. The van der Waals surface area contributed by atoms with Crippen molar-refractivity contribution in [2.24, 2.45) is 0 Å². The Hall–Kier alpha value is -3.61. The molecule has 27 heavy (non-hydrogen) atoms. The summed E-state index contributed by atoms with van der Waals surface area (Å²) in [5, 5.41) is 13.7. The van der Waals surface area contributed by atoms with Gasteiger partial charge in [0, 0.05) is 36.8 Å². The van der Waals surface area contributed by atoms with E-state index in [1.807, 2.05) is 54.9 Å². The molecule has 7 heteroatoms. The summed E-state index contributed by atoms with van der Waals surface area (Å²) < 4.78 is 3.58. The Kier molecular flexibility index (Phi) is 4.12. The fourth-order valence-corrected chi connectivity index (χ4v) is 2.95. The van der Waals surface area contributed by atoms with Crippen LogP contribution in [0.25, 0.3) is 11.3 Å². The lowest BCUT2D eigenvalue weighted by Crippen LogP contribution is -1.97. The van der Waals surface area contributed by atoms with Crippen LogP contribution in [-0.4, -0.2) is 29.8 Å². The van der Waals surface area contributed by atoms with E-state index in [2.05, 4.69) is 15.3 Å². The Morgan fingerprint density at radius 2 is 2.11 bits per heavy atom. The highest BCUT2D eigenvalue weighted by atomic mass is 16.3. The second-order valence-electron chi connectivity index (χ2n) is 6.31. The second kappa shape index (κ2) is 6.60. The molecule has 3 heterocycles. The number of carbonyl (C=O) groups is 1. The Morgan fingerprint density at radius 3 is 2.81 bits per heavy atom. The maximum absolute atomic E-state index is 11.9. The fraction of sp³-hybridized carbons (Fsp3) is 0.150. The average Bonchev–Trinajstić information content (AvgIpc) is 3.28. The van der Waals surface area contributed by atoms with Crippen LogP contribution in [-0.2, 0) is 0 Å². The molecule has 0 aliphatic heterocycles. The van der Waals surface area contributed by atoms with Crippen LogP contribution in [0, 0.1) is 6.92 Å². The number of aromatic nitrogens is 4. The number of aromatic hydroxyl groups is 1. The number of fused-ring (bicyclic) bond motifs is 1. The molecule has 0 radical (unpaired) electrons. The highest BCUT2D eigenvalue weighted by molar-refractivity contribution is 5.95. The van der Waals surface area contributed by atoms with E-state index in [-0.39, 0.29) is 11.5 Å². The zero-order valence-corrected chi connectivity index (χ0v) is 15.0. The van der Waals surface area contributed by atoms with Gasteiger partial charge >= 0.3 is 0 Å². The van der Waals surface area contributed by atoms with E-state index in [0.717, 1.165) is 11.4 Å². The van der Waals surface area contributed by atoms with Crippen molar-refractivity contribution in [3.63, 3.8) is 0 Å². The van der Waals surface area contributed by atoms with Crippen molar-refractivity contribution in [3.8, 4) is 11.4 Å². The number of ketones is 1. The third-order valence-corrected chi connectivity index (χ3v) is 4.33. The Balaban J connectivity index is 1.67. The van der Waals surface area contributed by atoms with Gasteiger partial charge in [0.1, 0.15) is 11.4 Å². The van der Waals surface area contributed by atoms with Crippen molar-refractivity contribution < 1.29 is 9.90 Å². The third-order valence-electron chi connectivity index (χ3n) is 4.33. The highest BCUT2D eigenvalue weighted by Crippen LogP contribution is 2.29. The van der Waals surface area contributed by atoms with E-state index in [1.165, 1.54) is 0 Å². The minimum Gasteiger partial charge on any atom is -0.506 e. The molecule has 4 aromatic rings. The molecule has 0 fully saturated rings. The topological polar surface area (TPSA) is 84.5 Å². The van der Waals surface area contributed by atoms with Crippen molar-refractivity contribution in [1.29, 1.82) is 0 Å². The quantitative estimate of drug-likeness (QED) is 0.527. The van der Waals surface area contributed by atoms with E-state index in [0.29, 0.717) is 29.1 Å². The maximum Gasteiger partial charge on any atom is 0.182 e. The molecule has 2 N–H and O–H groups in total. The van der Waals surface area contributed by atoms with Gasteiger partial charge in [-0.1, -0.05) is 6.92 Å². The first-order valence-corrected chi connectivity index (χ1v) is 8.67. The predicted molar refractivity (Wildman–Crippen MR) is 103 cm³/mol. The Morgan fingerprint density at radius 1 is 1.26 bits per heavy atom. The van der Waals surface area contributed by atoms with Crippen LogP contribution in [0.3, 0.4) is 0 Å². The van der Waals surface area contributed by atoms with Gasteiger partial charge < -0.3 is 19.4 Å². The van der Waals surface area contributed by atoms with E-state index < -0.39 is 0 Å². The number of hydrogen-bond acceptors (Lipinski definition) is 5. The molecular formula is C20H19N5O2. The molecule has 0 saturated heterocycles. The van der Waals surface area contributed by atoms with Crippen LogP contribution in [0.2, 0.25) is 0 Å². The summed E-state index contributed by atoms with van der Waals surface area (Å²) in [6, 6.07) is 9.09. The predicted octanol–water partition coefficient (Wildman–Crippen LogP) is 3.87. The lowest BCUT2D eigenvalue weighted by Gasteiger charge is -2.11. The van der Waals surface area contributed by atoms with Crippen LogP contribution >= 0.6 is 0 Å². The van der Waals surface area contributed by atoms with Gasteiger partial charge in [0.2, 0.25) is 0 Å². The first kappa shape index (κ1) is 16.8. The molecule has 1 aromatic carbocycles. The molecule has 136 valence electrons. The lowest BCUT2D eigenvalue weighted by atomic mass is 10.2. The number of rotatable bonds is 5. The van der Waals surface area contributed by atoms with Crippen molar-refractivity contribution in [3.05, 3.63) is 66.6 Å². The van der Waals surface area contributed by atoms with Crippen molar-refractivity contribution in [2.75, 3.05) is 5.32 Å². The number of anilines is 2. The van der Waals surface area contributed by atoms with Crippen LogP contribution in [0.5, 0.6) is 5.75 Å². The number of phenolic OH excluding ortho intramolecular Hbond substituents is 1. The third kappa shape index (κ3) is 3.15. The van der Waals surface area contributed by atoms with E-state index in [4.69, 9.17) is 0 Å². The van der Waals surface area contributed by atoms with Gasteiger partial charge in [-0.25, -0.2) is 9.97 Å². The number of Topliss-reactive ketones (excluding diaryl/α,β-unsaturated/α-hetero) is 1. The van der Waals surface area contributed by atoms with Crippen molar-refractivity contribution >= 4 is 22.8 Å². The monoisotopic (exact) mass is 361 g/mol. The van der Waals surface area contributed by atoms with Crippen LogP contribution in [0.1, 0.15) is 29.5 Å². The number of hydrogen-bond donors (Lipinski definition) is 2. The van der Waals surface area contributed by atoms with Gasteiger partial charge in [-0.3, -0.25) is 4.79 Å². The summed E-state index contributed by atoms with van der Waals surface area (Å²) in [5.41, 5.74) is 4.09. The van der Waals surface area contributed by atoms with Crippen molar-refractivity contribution in [2.45, 2.75) is 20.3 Å². The fourth-order valence-electron chi connectivity index (χ4n) is 2.95. The molecule has 0 aliphatic rings. The summed E-state index contributed by atoms with van der Waals surface area (Å²) in [5.74, 6) is 0.136. The van der Waals surface area contributed by atoms with Crippen molar-refractivity contribution in [1.82, 2.24) is 18.9 Å². The largest absolute Gasteiger partial charge is 0.506 e. The molecule has 0 bridgehead atoms. The molecule has 0 aliphatic carbocycles. The van der Waals surface area contributed by atoms with E-state index in [9.17, 15) is 9.90 Å². The summed E-state index contributed by atoms with van der Waals surface area (Å²) in [4.78, 5) is 20.6. The molecule has 0 amide bonds. The summed E-state index contributed by atoms with van der Waals surface area (Å²) >= 11 is 0. The molecule has 0 unspecified atom stereocenters. The SMILES string of the molecule is CCC(=O)c1cn2cccc(Nc3ccc(-n4cnc(C)c4)c(O)c3)c2n1. The van der Waals surface area contributed by atoms with Gasteiger partial charge in [-0.05, 0) is 31.2 Å². The number of pyridine rings is 1. The molecule has 3 aromatic heterocycles. The molecule has 0 atom stereocenters. The second-order valence-corrected chi connectivity index (χ2v) is 6.31. The molecule has 4 rings (SSSR count). The molecule has 7 nitrogen and oxygen atoms in total. The average molecular weight is 361 g/mol. The molecule has 0 saturated carbocycles. The number of imidazole rings is 2. The van der Waals surface area contributed by atoms with Crippen LogP contribution in [0.4, 0.5) is 11.4 Å². The zero-order valence-electron chi connectivity index (χ0n) is 15.0. The summed E-state index contributed by atoms with van der Waals surface area (Å²) in [6.07, 6.45) is 7.50. The smallest absolute Gasteiger partial charge is 0.182 e. The van der Waals surface area contributed by atoms with Gasteiger partial charge in [0.25, 0.3) is 0 Å². The maximum atomic E-state index is 11.9. The number of phenols is 1. The van der Waals surface area contributed by atoms with E-state index in [1.54, 1.807) is 23.2 Å².